The molecule has 118 valence electrons. The summed E-state index contributed by atoms with van der Waals surface area (Å²) in [5, 5.41) is 0.778. The molecule has 0 saturated heterocycles. The summed E-state index contributed by atoms with van der Waals surface area (Å²) in [4.78, 5) is 24.6. The predicted octanol–water partition coefficient (Wildman–Crippen LogP) is 3.76. The van der Waals surface area contributed by atoms with Gasteiger partial charge < -0.3 is 9.30 Å². The van der Waals surface area contributed by atoms with Crippen LogP contribution < -0.4 is 5.56 Å². The first-order valence-corrected chi connectivity index (χ1v) is 7.98. The van der Waals surface area contributed by atoms with E-state index < -0.39 is 5.97 Å². The Hall–Kier alpha value is -2.10. The van der Waals surface area contributed by atoms with Crippen LogP contribution in [0.25, 0.3) is 10.9 Å². The summed E-state index contributed by atoms with van der Waals surface area (Å²) >= 11 is 0. The minimum absolute atomic E-state index is 0.144. The highest BCUT2D eigenvalue weighted by atomic mass is 16.5. The van der Waals surface area contributed by atoms with Crippen LogP contribution in [0.3, 0.4) is 0 Å². The largest absolute Gasteiger partial charge is 0.462 e. The second-order valence-electron chi connectivity index (χ2n) is 5.41. The van der Waals surface area contributed by atoms with Crippen LogP contribution in [-0.4, -0.2) is 17.1 Å². The van der Waals surface area contributed by atoms with Crippen molar-refractivity contribution in [1.29, 1.82) is 0 Å². The summed E-state index contributed by atoms with van der Waals surface area (Å²) in [6.07, 6.45) is 3.75. The van der Waals surface area contributed by atoms with Crippen LogP contribution in [0.15, 0.2) is 35.1 Å². The maximum Gasteiger partial charge on any atom is 0.339 e. The molecule has 0 bridgehead atoms. The molecule has 0 aliphatic heterocycles. The van der Waals surface area contributed by atoms with Gasteiger partial charge in [0.05, 0.1) is 17.7 Å². The first-order valence-electron chi connectivity index (χ1n) is 7.98. The monoisotopic (exact) mass is 301 g/mol. The molecule has 0 fully saturated rings. The molecule has 2 rings (SSSR count). The zero-order valence-electron chi connectivity index (χ0n) is 13.3. The van der Waals surface area contributed by atoms with Gasteiger partial charge >= 0.3 is 5.97 Å². The number of esters is 1. The Morgan fingerprint density at radius 3 is 2.59 bits per heavy atom. The van der Waals surface area contributed by atoms with Crippen molar-refractivity contribution < 1.29 is 9.53 Å². The van der Waals surface area contributed by atoms with E-state index in [1.165, 1.54) is 6.07 Å². The molecule has 22 heavy (non-hydrogen) atoms. The van der Waals surface area contributed by atoms with E-state index >= 15 is 0 Å². The molecule has 0 atom stereocenters. The molecule has 4 nitrogen and oxygen atoms in total. The number of fused-ring (bicyclic) bond motifs is 1. The van der Waals surface area contributed by atoms with Crippen LogP contribution in [0, 0.1) is 0 Å². The summed E-state index contributed by atoms with van der Waals surface area (Å²) in [6.45, 7) is 5.19. The maximum absolute atomic E-state index is 12.3. The zero-order valence-corrected chi connectivity index (χ0v) is 13.3. The van der Waals surface area contributed by atoms with E-state index in [-0.39, 0.29) is 5.56 Å². The molecule has 0 spiro atoms. The number of carbonyl (C=O) groups is 1. The highest BCUT2D eigenvalue weighted by molar-refractivity contribution is 6.03. The van der Waals surface area contributed by atoms with Gasteiger partial charge in [-0.15, -0.1) is 0 Å². The second kappa shape index (κ2) is 7.78. The summed E-state index contributed by atoms with van der Waals surface area (Å²) < 4.78 is 7.00. The quantitative estimate of drug-likeness (QED) is 0.578. The lowest BCUT2D eigenvalue weighted by atomic mass is 10.1. The summed E-state index contributed by atoms with van der Waals surface area (Å²) in [5.74, 6) is -0.413. The lowest BCUT2D eigenvalue weighted by molar-refractivity contribution is 0.0502. The molecular weight excluding hydrogens is 278 g/mol. The molecular formula is C18H23NO3. The minimum atomic E-state index is -0.413. The van der Waals surface area contributed by atoms with Gasteiger partial charge in [-0.2, -0.15) is 0 Å². The number of aryl methyl sites for hydroxylation is 1. The Labute approximate surface area is 130 Å². The number of unbranched alkanes of at least 4 members (excludes halogenated alkanes) is 2. The number of nitrogens with zero attached hydrogens (tertiary/aromatic N) is 1. The molecule has 1 aromatic carbocycles. The first kappa shape index (κ1) is 16.3. The standard InChI is InChI=1S/C18H23NO3/c1-3-5-11-19-16-10-8-7-9-14(16)15(13-17(19)20)18(21)22-12-6-4-2/h7-10,13H,3-6,11-12H2,1-2H3. The highest BCUT2D eigenvalue weighted by Gasteiger charge is 2.15. The molecule has 1 aromatic heterocycles. The average molecular weight is 301 g/mol. The molecule has 0 aliphatic carbocycles. The van der Waals surface area contributed by atoms with Gasteiger partial charge in [-0.1, -0.05) is 44.9 Å². The van der Waals surface area contributed by atoms with Crippen LogP contribution in [0.4, 0.5) is 0 Å². The molecule has 0 N–H and O–H groups in total. The van der Waals surface area contributed by atoms with Crippen molar-refractivity contribution in [3.63, 3.8) is 0 Å². The molecule has 1 heterocycles. The van der Waals surface area contributed by atoms with Gasteiger partial charge in [0.2, 0.25) is 0 Å². The van der Waals surface area contributed by atoms with Crippen LogP contribution in [0.5, 0.6) is 0 Å². The van der Waals surface area contributed by atoms with Gasteiger partial charge in [0.15, 0.2) is 0 Å². The maximum atomic E-state index is 12.3. The molecule has 0 aliphatic rings. The van der Waals surface area contributed by atoms with Crippen molar-refractivity contribution in [3.8, 4) is 0 Å². The lowest BCUT2D eigenvalue weighted by Crippen LogP contribution is -2.22. The van der Waals surface area contributed by atoms with E-state index in [0.29, 0.717) is 18.7 Å². The van der Waals surface area contributed by atoms with Crippen LogP contribution >= 0.6 is 0 Å². The van der Waals surface area contributed by atoms with Crippen molar-refractivity contribution in [2.45, 2.75) is 46.1 Å². The fourth-order valence-corrected chi connectivity index (χ4v) is 2.44. The number of benzene rings is 1. The number of aromatic nitrogens is 1. The molecule has 0 unspecified atom stereocenters. The number of ether oxygens (including phenoxy) is 1. The van der Waals surface area contributed by atoms with Gasteiger partial charge in [0, 0.05) is 18.0 Å². The number of carbonyl (C=O) groups excluding carboxylic acids is 1. The number of hydrogen-bond donors (Lipinski definition) is 0. The van der Waals surface area contributed by atoms with Gasteiger partial charge in [0.25, 0.3) is 5.56 Å². The molecule has 4 heteroatoms. The Morgan fingerprint density at radius 1 is 1.14 bits per heavy atom. The Bertz CT molecular complexity index is 703. The van der Waals surface area contributed by atoms with E-state index in [1.54, 1.807) is 4.57 Å². The Morgan fingerprint density at radius 2 is 1.86 bits per heavy atom. The number of para-hydroxylation sites is 1. The Balaban J connectivity index is 2.44. The van der Waals surface area contributed by atoms with Crippen molar-refractivity contribution >= 4 is 16.9 Å². The molecule has 0 saturated carbocycles. The third-order valence-corrected chi connectivity index (χ3v) is 3.71. The van der Waals surface area contributed by atoms with Gasteiger partial charge in [-0.05, 0) is 18.9 Å². The lowest BCUT2D eigenvalue weighted by Gasteiger charge is -2.13. The van der Waals surface area contributed by atoms with E-state index in [4.69, 9.17) is 4.74 Å². The van der Waals surface area contributed by atoms with E-state index in [0.717, 1.165) is 36.6 Å². The topological polar surface area (TPSA) is 48.3 Å². The fourth-order valence-electron chi connectivity index (χ4n) is 2.44. The molecule has 0 amide bonds. The number of rotatable bonds is 7. The minimum Gasteiger partial charge on any atom is -0.462 e. The molecule has 0 radical (unpaired) electrons. The summed E-state index contributed by atoms with van der Waals surface area (Å²) in [6, 6.07) is 8.92. The van der Waals surface area contributed by atoms with Crippen molar-refractivity contribution in [2.75, 3.05) is 6.61 Å². The third-order valence-electron chi connectivity index (χ3n) is 3.71. The third kappa shape index (κ3) is 3.56. The number of pyridine rings is 1. The average Bonchev–Trinajstić information content (AvgIpc) is 2.53. The number of hydrogen-bond acceptors (Lipinski definition) is 3. The van der Waals surface area contributed by atoms with E-state index in [2.05, 4.69) is 6.92 Å². The fraction of sp³-hybridized carbons (Fsp3) is 0.444. The summed E-state index contributed by atoms with van der Waals surface area (Å²) in [7, 11) is 0. The SMILES string of the molecule is CCCCOC(=O)c1cc(=O)n(CCCC)c2ccccc12. The van der Waals surface area contributed by atoms with Crippen molar-refractivity contribution in [3.05, 3.63) is 46.2 Å². The van der Waals surface area contributed by atoms with E-state index in [9.17, 15) is 9.59 Å². The first-order chi connectivity index (χ1) is 10.7. The van der Waals surface area contributed by atoms with Crippen molar-refractivity contribution in [1.82, 2.24) is 4.57 Å². The second-order valence-corrected chi connectivity index (χ2v) is 5.41. The highest BCUT2D eigenvalue weighted by Crippen LogP contribution is 2.18. The predicted molar refractivity (Wildman–Crippen MR) is 88.3 cm³/mol. The summed E-state index contributed by atoms with van der Waals surface area (Å²) in [5.41, 5.74) is 1.02. The smallest absolute Gasteiger partial charge is 0.339 e. The molecule has 2 aromatic rings. The van der Waals surface area contributed by atoms with Crippen LogP contribution in [-0.2, 0) is 11.3 Å². The van der Waals surface area contributed by atoms with Crippen LogP contribution in [0.1, 0.15) is 49.9 Å². The van der Waals surface area contributed by atoms with E-state index in [1.807, 2.05) is 31.2 Å². The van der Waals surface area contributed by atoms with Gasteiger partial charge in [-0.25, -0.2) is 4.79 Å². The van der Waals surface area contributed by atoms with Gasteiger partial charge in [-0.3, -0.25) is 4.79 Å². The Kier molecular flexibility index (Phi) is 5.75. The van der Waals surface area contributed by atoms with Gasteiger partial charge in [0.1, 0.15) is 0 Å². The van der Waals surface area contributed by atoms with Crippen molar-refractivity contribution in [2.24, 2.45) is 0 Å². The zero-order chi connectivity index (χ0) is 15.9. The van der Waals surface area contributed by atoms with Crippen LogP contribution in [0.2, 0.25) is 0 Å². The normalized spacial score (nSPS) is 10.8.